The number of nitrogens with one attached hydrogen (secondary N) is 3. The van der Waals surface area contributed by atoms with E-state index in [1.54, 1.807) is 13.8 Å². The molecular weight excluding hydrogens is 704 g/mol. The van der Waals surface area contributed by atoms with Gasteiger partial charge in [-0.2, -0.15) is 0 Å². The van der Waals surface area contributed by atoms with E-state index in [2.05, 4.69) is 21.9 Å². The minimum Gasteiger partial charge on any atom is -0.444 e. The number of hydrogen-bond donors (Lipinski definition) is 3. The molecule has 2 aliphatic carbocycles. The highest BCUT2D eigenvalue weighted by molar-refractivity contribution is 7.91. The highest BCUT2D eigenvalue weighted by atomic mass is 32.2. The maximum atomic E-state index is 14.0. The molecule has 3 fully saturated rings. The third-order valence-corrected chi connectivity index (χ3v) is 12.4. The molecule has 6 rings (SSSR count). The Morgan fingerprint density at radius 1 is 1.13 bits per heavy atom. The van der Waals surface area contributed by atoms with Crippen molar-refractivity contribution in [1.82, 2.24) is 25.2 Å². The predicted molar refractivity (Wildman–Crippen MR) is 181 cm³/mol. The van der Waals surface area contributed by atoms with Crippen LogP contribution >= 0.6 is 0 Å². The van der Waals surface area contributed by atoms with Gasteiger partial charge in [0, 0.05) is 31.8 Å². The zero-order valence-electron chi connectivity index (χ0n) is 29.2. The maximum Gasteiger partial charge on any atom is 0.410 e. The molecule has 1 saturated heterocycles. The molecule has 0 radical (unpaired) electrons. The second kappa shape index (κ2) is 14.3. The first-order valence-corrected chi connectivity index (χ1v) is 19.2. The summed E-state index contributed by atoms with van der Waals surface area (Å²) < 4.78 is 66.4. The number of benzene rings is 1. The molecule has 1 aromatic rings. The van der Waals surface area contributed by atoms with E-state index in [-0.39, 0.29) is 32.5 Å². The molecule has 5 atom stereocenters. The van der Waals surface area contributed by atoms with Gasteiger partial charge < -0.3 is 25.0 Å². The lowest BCUT2D eigenvalue weighted by Gasteiger charge is -2.31. The largest absolute Gasteiger partial charge is 0.444 e. The molecule has 52 heavy (non-hydrogen) atoms. The number of ether oxygens (including phenoxy) is 2. The molecule has 5 aliphatic rings. The van der Waals surface area contributed by atoms with Crippen LogP contribution in [0.25, 0.3) is 0 Å². The zero-order chi connectivity index (χ0) is 37.6. The highest BCUT2D eigenvalue weighted by Crippen LogP contribution is 2.45. The van der Waals surface area contributed by atoms with Crippen molar-refractivity contribution in [3.05, 3.63) is 47.5 Å². The fourth-order valence-corrected chi connectivity index (χ4v) is 8.77. The van der Waals surface area contributed by atoms with Crippen molar-refractivity contribution in [2.45, 2.75) is 126 Å². The van der Waals surface area contributed by atoms with Crippen LogP contribution in [0, 0.1) is 5.92 Å². The summed E-state index contributed by atoms with van der Waals surface area (Å²) in [4.78, 5) is 70.4. The summed E-state index contributed by atoms with van der Waals surface area (Å²) in [5.74, 6) is -3.53. The summed E-state index contributed by atoms with van der Waals surface area (Å²) in [5.41, 5.74) is 0.358. The number of hydrogen-bond acceptors (Lipinski definition) is 9. The van der Waals surface area contributed by atoms with E-state index in [0.717, 1.165) is 28.0 Å². The van der Waals surface area contributed by atoms with Crippen molar-refractivity contribution in [3.63, 3.8) is 0 Å². The van der Waals surface area contributed by atoms with Crippen LogP contribution in [0.3, 0.4) is 0 Å². The molecule has 0 unspecified atom stereocenters. The van der Waals surface area contributed by atoms with Crippen molar-refractivity contribution >= 4 is 39.9 Å². The summed E-state index contributed by atoms with van der Waals surface area (Å²) in [6.45, 7) is 7.25. The van der Waals surface area contributed by atoms with Crippen molar-refractivity contribution in [3.8, 4) is 0 Å². The lowest BCUT2D eigenvalue weighted by molar-refractivity contribution is -0.141. The number of halogens is 2. The number of rotatable bonds is 8. The van der Waals surface area contributed by atoms with Crippen LogP contribution in [0.15, 0.2) is 30.9 Å². The van der Waals surface area contributed by atoms with Crippen molar-refractivity contribution < 1.29 is 50.6 Å². The molecule has 17 heteroatoms. The second-order valence-corrected chi connectivity index (χ2v) is 17.0. The molecule has 3 aliphatic heterocycles. The highest BCUT2D eigenvalue weighted by Gasteiger charge is 2.62. The number of alkyl carbamates (subject to hydrolysis) is 1. The average molecular weight is 750 g/mol. The Balaban J connectivity index is 1.28. The Morgan fingerprint density at radius 3 is 2.54 bits per heavy atom. The summed E-state index contributed by atoms with van der Waals surface area (Å²) in [6, 6.07) is 2.61. The Morgan fingerprint density at radius 2 is 1.87 bits per heavy atom. The Bertz CT molecular complexity index is 1750. The van der Waals surface area contributed by atoms with E-state index in [0.29, 0.717) is 32.1 Å². The number of sulfonamides is 1. The summed E-state index contributed by atoms with van der Waals surface area (Å²) in [6.07, 6.45) is -2.43. The molecule has 14 nitrogen and oxygen atoms in total. The minimum atomic E-state index is -3.98. The van der Waals surface area contributed by atoms with Crippen molar-refractivity contribution in [1.29, 1.82) is 0 Å². The fraction of sp³-hybridized carbons (Fsp3) is 0.629. The van der Waals surface area contributed by atoms with Crippen LogP contribution in [0.1, 0.15) is 81.9 Å². The molecule has 0 aromatic heterocycles. The Labute approximate surface area is 301 Å². The van der Waals surface area contributed by atoms with Crippen LogP contribution in [0.4, 0.5) is 18.4 Å². The lowest BCUT2D eigenvalue weighted by Crippen LogP contribution is -2.58. The Hall–Kier alpha value is -4.28. The van der Waals surface area contributed by atoms with Gasteiger partial charge in [0.2, 0.25) is 28.3 Å². The molecular formula is C35H45F2N5O9S. The van der Waals surface area contributed by atoms with Gasteiger partial charge in [-0.1, -0.05) is 24.3 Å². The topological polar surface area (TPSA) is 181 Å². The lowest BCUT2D eigenvalue weighted by atomic mass is 9.95. The number of alkyl halides is 2. The third-order valence-electron chi connectivity index (χ3n) is 10.6. The number of aryl methyl sites for hydroxylation is 1. The van der Waals surface area contributed by atoms with Crippen LogP contribution in [0.2, 0.25) is 0 Å². The molecule has 5 amide bonds. The third kappa shape index (κ3) is 8.03. The normalized spacial score (nSPS) is 29.2. The van der Waals surface area contributed by atoms with Gasteiger partial charge in [-0.3, -0.25) is 24.0 Å². The maximum absolute atomic E-state index is 14.0. The standard InChI is InChI=1S/C35H45F2N5O9S/c1-4-22-16-35(22,31(45)40-52(48,49)24-11-12-24)39-29(43)27-14-23-18-42(27)30(44)26(15-28(36)37)38-32(46)51-34(2,3)13-6-5-8-20-9-7-10-21-17-41(19-25(20)21)33(47)50-23/h4,7,9-10,22-24,26-28H,1,5-6,8,11-19H2,2-3H3,(H,38,46)(H,39,43)(H,40,45)/t22-,23+,26-,27-,35+/m0/s1. The molecule has 2 saturated carbocycles. The van der Waals surface area contributed by atoms with E-state index in [1.165, 1.54) is 11.0 Å². The van der Waals surface area contributed by atoms with Gasteiger partial charge in [-0.15, -0.1) is 6.58 Å². The first kappa shape index (κ1) is 37.5. The van der Waals surface area contributed by atoms with Gasteiger partial charge in [-0.25, -0.2) is 26.8 Å². The summed E-state index contributed by atoms with van der Waals surface area (Å²) in [5, 5.41) is 4.15. The molecule has 3 N–H and O–H groups in total. The molecule has 4 bridgehead atoms. The molecule has 3 heterocycles. The number of amides is 5. The van der Waals surface area contributed by atoms with Crippen LogP contribution in [0.5, 0.6) is 0 Å². The van der Waals surface area contributed by atoms with Gasteiger partial charge in [-0.05, 0) is 75.5 Å². The second-order valence-electron chi connectivity index (χ2n) is 15.0. The number of nitrogens with zero attached hydrogens (tertiary/aromatic N) is 2. The number of fused-ring (bicyclic) bond motifs is 3. The van der Waals surface area contributed by atoms with Crippen LogP contribution in [-0.2, 0) is 53.4 Å². The zero-order valence-corrected chi connectivity index (χ0v) is 30.0. The van der Waals surface area contributed by atoms with E-state index in [9.17, 15) is 41.2 Å². The van der Waals surface area contributed by atoms with Crippen molar-refractivity contribution in [2.24, 2.45) is 5.92 Å². The minimum absolute atomic E-state index is 0.0298. The van der Waals surface area contributed by atoms with E-state index < -0.39 is 93.3 Å². The van der Waals surface area contributed by atoms with Gasteiger partial charge in [0.1, 0.15) is 29.3 Å². The van der Waals surface area contributed by atoms with E-state index >= 15 is 0 Å². The van der Waals surface area contributed by atoms with Gasteiger partial charge in [0.25, 0.3) is 5.91 Å². The van der Waals surface area contributed by atoms with E-state index in [1.807, 2.05) is 18.2 Å². The molecule has 284 valence electrons. The SMILES string of the molecule is C=C[C@H]1C[C@]1(NC(=O)[C@@H]1C[C@@H]2CN1C(=O)[C@H](CC(F)F)NC(=O)OC(C)(C)CCCCc1cccc3c1CN(C3)C(=O)O2)C(=O)NS(=O)(=O)C1CC1. The van der Waals surface area contributed by atoms with Gasteiger partial charge in [0.15, 0.2) is 0 Å². The molecule has 0 spiro atoms. The first-order chi connectivity index (χ1) is 24.5. The van der Waals surface area contributed by atoms with E-state index in [4.69, 9.17) is 9.47 Å². The molecule has 1 aromatic carbocycles. The number of cyclic esters (lactones) is 1. The monoisotopic (exact) mass is 749 g/mol. The first-order valence-electron chi connectivity index (χ1n) is 17.7. The Kier molecular flexibility index (Phi) is 10.3. The smallest absolute Gasteiger partial charge is 0.410 e. The quantitative estimate of drug-likeness (QED) is 0.337. The number of carbonyl (C=O) groups excluding carboxylic acids is 5. The predicted octanol–water partition coefficient (Wildman–Crippen LogP) is 3.03. The van der Waals surface area contributed by atoms with Gasteiger partial charge >= 0.3 is 12.2 Å². The van der Waals surface area contributed by atoms with Crippen LogP contribution in [-0.4, -0.2) is 95.7 Å². The van der Waals surface area contributed by atoms with Crippen molar-refractivity contribution in [2.75, 3.05) is 6.54 Å². The average Bonchev–Trinajstić information content (AvgIpc) is 3.95. The summed E-state index contributed by atoms with van der Waals surface area (Å²) >= 11 is 0. The fourth-order valence-electron chi connectivity index (χ4n) is 7.41. The van der Waals surface area contributed by atoms with Gasteiger partial charge in [0.05, 0.1) is 11.8 Å². The summed E-state index contributed by atoms with van der Waals surface area (Å²) in [7, 11) is -3.98. The number of carbonyl (C=O) groups is 5. The van der Waals surface area contributed by atoms with Crippen LogP contribution < -0.4 is 15.4 Å².